The number of benzene rings is 1. The van der Waals surface area contributed by atoms with E-state index in [1.807, 2.05) is 37.4 Å². The molecule has 0 spiro atoms. The minimum Gasteiger partial charge on any atom is -0.351 e. The summed E-state index contributed by atoms with van der Waals surface area (Å²) in [7, 11) is 0. The van der Waals surface area contributed by atoms with E-state index in [0.717, 1.165) is 28.8 Å². The predicted molar refractivity (Wildman–Crippen MR) is 121 cm³/mol. The van der Waals surface area contributed by atoms with E-state index in [4.69, 9.17) is 16.6 Å². The van der Waals surface area contributed by atoms with Crippen LogP contribution in [0.2, 0.25) is 0 Å². The average molecular weight is 392 g/mol. The first kappa shape index (κ1) is 20.1. The first-order valence-corrected chi connectivity index (χ1v) is 9.82. The van der Waals surface area contributed by atoms with E-state index in [2.05, 4.69) is 60.9 Å². The van der Waals surface area contributed by atoms with Gasteiger partial charge in [-0.2, -0.15) is 0 Å². The van der Waals surface area contributed by atoms with Crippen molar-refractivity contribution in [1.82, 2.24) is 5.32 Å². The third-order valence-electron chi connectivity index (χ3n) is 5.07. The Kier molecular flexibility index (Phi) is 6.48. The fourth-order valence-electron chi connectivity index (χ4n) is 3.54. The molecule has 28 heavy (non-hydrogen) atoms. The Morgan fingerprint density at radius 1 is 1.29 bits per heavy atom. The second-order valence-electron chi connectivity index (χ2n) is 7.25. The van der Waals surface area contributed by atoms with Crippen molar-refractivity contribution in [3.63, 3.8) is 0 Å². The van der Waals surface area contributed by atoms with Crippen LogP contribution >= 0.6 is 11.6 Å². The van der Waals surface area contributed by atoms with Gasteiger partial charge in [0.1, 0.15) is 11.3 Å². The zero-order chi connectivity index (χ0) is 20.1. The largest absolute Gasteiger partial charge is 0.351 e. The molecule has 3 rings (SSSR count). The van der Waals surface area contributed by atoms with Gasteiger partial charge in [-0.3, -0.25) is 9.98 Å². The van der Waals surface area contributed by atoms with Gasteiger partial charge in [0.05, 0.1) is 5.71 Å². The molecule has 1 N–H and O–H groups in total. The summed E-state index contributed by atoms with van der Waals surface area (Å²) in [4.78, 5) is 8.82. The molecule has 0 amide bonds. The molecule has 0 radical (unpaired) electrons. The Hall–Kier alpha value is -2.65. The monoisotopic (exact) mass is 391 g/mol. The summed E-state index contributed by atoms with van der Waals surface area (Å²) in [5.41, 5.74) is 5.42. The zero-order valence-electron chi connectivity index (χ0n) is 16.4. The second-order valence-corrected chi connectivity index (χ2v) is 7.66. The zero-order valence-corrected chi connectivity index (χ0v) is 17.2. The molecule has 1 aliphatic heterocycles. The number of hydrogen-bond donors (Lipinski definition) is 1. The summed E-state index contributed by atoms with van der Waals surface area (Å²) < 4.78 is 0. The van der Waals surface area contributed by atoms with Gasteiger partial charge in [-0.05, 0) is 49.3 Å². The number of halogens is 1. The number of allylic oxidation sites excluding steroid dienone is 7. The lowest BCUT2D eigenvalue weighted by molar-refractivity contribution is 0.636. The van der Waals surface area contributed by atoms with Gasteiger partial charge < -0.3 is 5.32 Å². The van der Waals surface area contributed by atoms with Crippen molar-refractivity contribution in [2.45, 2.75) is 26.4 Å². The lowest BCUT2D eigenvalue weighted by Crippen LogP contribution is -2.23. The number of rotatable bonds is 5. The highest BCUT2D eigenvalue weighted by Crippen LogP contribution is 2.35. The van der Waals surface area contributed by atoms with E-state index in [1.165, 1.54) is 5.57 Å². The molecule has 2 aliphatic rings. The van der Waals surface area contributed by atoms with Crippen molar-refractivity contribution in [2.24, 2.45) is 21.8 Å². The molecule has 0 fully saturated rings. The van der Waals surface area contributed by atoms with E-state index < -0.39 is 0 Å². The molecule has 3 atom stereocenters. The van der Waals surface area contributed by atoms with Crippen LogP contribution in [-0.2, 0) is 0 Å². The van der Waals surface area contributed by atoms with E-state index in [1.54, 1.807) is 0 Å². The van der Waals surface area contributed by atoms with Crippen molar-refractivity contribution in [3.05, 3.63) is 94.9 Å². The molecular formula is C24H26ClN3. The van der Waals surface area contributed by atoms with Crippen molar-refractivity contribution >= 4 is 24.0 Å². The number of nitrogens with zero attached hydrogens (tertiary/aromatic N) is 2. The Balaban J connectivity index is 1.89. The topological polar surface area (TPSA) is 36.8 Å². The molecule has 1 heterocycles. The van der Waals surface area contributed by atoms with Gasteiger partial charge in [0, 0.05) is 12.1 Å². The summed E-state index contributed by atoms with van der Waals surface area (Å²) in [5, 5.41) is 3.83. The summed E-state index contributed by atoms with van der Waals surface area (Å²) in [5.74, 6) is 0.594. The van der Waals surface area contributed by atoms with Crippen molar-refractivity contribution < 1.29 is 0 Å². The van der Waals surface area contributed by atoms with Crippen LogP contribution in [0.25, 0.3) is 0 Å². The lowest BCUT2D eigenvalue weighted by Gasteiger charge is -2.27. The third kappa shape index (κ3) is 4.79. The van der Waals surface area contributed by atoms with Crippen LogP contribution in [-0.4, -0.2) is 12.4 Å². The number of nitrogens with one attached hydrogen (secondary N) is 1. The van der Waals surface area contributed by atoms with Gasteiger partial charge in [0.25, 0.3) is 0 Å². The Bertz CT molecular complexity index is 903. The molecule has 4 heteroatoms. The van der Waals surface area contributed by atoms with Gasteiger partial charge in [-0.1, -0.05) is 78.7 Å². The first-order valence-electron chi connectivity index (χ1n) is 9.45. The van der Waals surface area contributed by atoms with Crippen LogP contribution in [0.1, 0.15) is 32.0 Å². The van der Waals surface area contributed by atoms with E-state index >= 15 is 0 Å². The summed E-state index contributed by atoms with van der Waals surface area (Å²) in [6.45, 7) is 11.9. The van der Waals surface area contributed by atoms with E-state index in [-0.39, 0.29) is 12.1 Å². The molecule has 2 unspecified atom stereocenters. The molecule has 144 valence electrons. The minimum atomic E-state index is -0.174. The van der Waals surface area contributed by atoms with Gasteiger partial charge in [-0.25, -0.2) is 0 Å². The second kappa shape index (κ2) is 9.03. The quantitative estimate of drug-likeness (QED) is 0.279. The van der Waals surface area contributed by atoms with Crippen LogP contribution in [0.3, 0.4) is 0 Å². The normalized spacial score (nSPS) is 26.3. The van der Waals surface area contributed by atoms with Crippen molar-refractivity contribution in [1.29, 1.82) is 0 Å². The highest BCUT2D eigenvalue weighted by Gasteiger charge is 2.22. The summed E-state index contributed by atoms with van der Waals surface area (Å²) in [6.07, 6.45) is 11.1. The van der Waals surface area contributed by atoms with Gasteiger partial charge in [0.2, 0.25) is 0 Å². The minimum absolute atomic E-state index is 0.174. The number of aliphatic imine (C=N–C) groups is 2. The molecule has 1 aromatic rings. The first-order chi connectivity index (χ1) is 13.5. The van der Waals surface area contributed by atoms with Crippen LogP contribution in [0.5, 0.6) is 0 Å². The average Bonchev–Trinajstić information content (AvgIpc) is 2.68. The predicted octanol–water partition coefficient (Wildman–Crippen LogP) is 6.11. The van der Waals surface area contributed by atoms with E-state index in [9.17, 15) is 0 Å². The van der Waals surface area contributed by atoms with Crippen LogP contribution < -0.4 is 5.32 Å². The third-order valence-corrected chi connectivity index (χ3v) is 5.29. The fraction of sp³-hybridized carbons (Fsp3) is 0.250. The van der Waals surface area contributed by atoms with Gasteiger partial charge in [0.15, 0.2) is 0 Å². The van der Waals surface area contributed by atoms with Crippen LogP contribution in [0, 0.1) is 11.8 Å². The molecule has 0 bridgehead atoms. The Morgan fingerprint density at radius 2 is 2.04 bits per heavy atom. The van der Waals surface area contributed by atoms with Crippen LogP contribution in [0.4, 0.5) is 0 Å². The fourth-order valence-corrected chi connectivity index (χ4v) is 3.75. The lowest BCUT2D eigenvalue weighted by atomic mass is 9.79. The maximum Gasteiger partial charge on any atom is 0.146 e. The Morgan fingerprint density at radius 3 is 2.71 bits per heavy atom. The molecular weight excluding hydrogens is 366 g/mol. The van der Waals surface area contributed by atoms with Crippen LogP contribution in [0.15, 0.2) is 99.3 Å². The molecule has 0 aromatic heterocycles. The highest BCUT2D eigenvalue weighted by molar-refractivity contribution is 6.31. The van der Waals surface area contributed by atoms with Gasteiger partial charge >= 0.3 is 0 Å². The number of hydrogen-bond acceptors (Lipinski definition) is 3. The van der Waals surface area contributed by atoms with Gasteiger partial charge in [-0.15, -0.1) is 0 Å². The highest BCUT2D eigenvalue weighted by atomic mass is 35.5. The molecule has 1 aliphatic carbocycles. The SMILES string of the molecule is C=N/C=C(\C(=C)C)C1C=C[C@@H](C)/C(=C\C2=NC(c3ccccc3)NC(Cl)=C2)C1. The Labute approximate surface area is 172 Å². The standard InChI is InChI=1S/C24H26ClN3/c1-16(2)22(15-26-4)19-11-10-17(3)20(12-19)13-21-14-23(25)28-24(27-21)18-8-6-5-7-9-18/h5-11,13-15,17,19,24,28H,1,4,12H2,2-3H3/b20-13-,22-15+/t17-,19?,24?/m1/s1. The molecule has 3 nitrogen and oxygen atoms in total. The molecule has 0 saturated heterocycles. The van der Waals surface area contributed by atoms with Crippen molar-refractivity contribution in [3.8, 4) is 0 Å². The maximum absolute atomic E-state index is 6.36. The summed E-state index contributed by atoms with van der Waals surface area (Å²) >= 11 is 6.36. The molecule has 1 aromatic carbocycles. The van der Waals surface area contributed by atoms with Crippen molar-refractivity contribution in [2.75, 3.05) is 0 Å². The smallest absolute Gasteiger partial charge is 0.146 e. The summed E-state index contributed by atoms with van der Waals surface area (Å²) in [6, 6.07) is 10.1. The molecule has 0 saturated carbocycles. The van der Waals surface area contributed by atoms with E-state index in [0.29, 0.717) is 11.1 Å². The maximum atomic E-state index is 6.36.